The molecule has 0 unspecified atom stereocenters. The van der Waals surface area contributed by atoms with Crippen LogP contribution in [0.25, 0.3) is 0 Å². The van der Waals surface area contributed by atoms with Crippen molar-refractivity contribution in [1.29, 1.82) is 0 Å². The van der Waals surface area contributed by atoms with Gasteiger partial charge < -0.3 is 0 Å². The van der Waals surface area contributed by atoms with Gasteiger partial charge in [0.05, 0.1) is 22.8 Å². The summed E-state index contributed by atoms with van der Waals surface area (Å²) in [7, 11) is 0. The minimum absolute atomic E-state index is 0. The Hall–Kier alpha value is -2.25. The van der Waals surface area contributed by atoms with Gasteiger partial charge in [0.1, 0.15) is 0 Å². The molecule has 0 amide bonds. The van der Waals surface area contributed by atoms with Crippen molar-refractivity contribution in [2.45, 2.75) is 233 Å². The average molecular weight is 824 g/mol. The molecule has 324 valence electrons. The molecule has 2 aromatic rings. The van der Waals surface area contributed by atoms with Crippen molar-refractivity contribution in [3.05, 3.63) is 84.0 Å². The summed E-state index contributed by atoms with van der Waals surface area (Å²) in [6.45, 7) is 8.82. The van der Waals surface area contributed by atoms with Crippen molar-refractivity contribution in [3.63, 3.8) is 0 Å². The number of aryl methyl sites for hydroxylation is 2. The second kappa shape index (κ2) is 39.2. The zero-order chi connectivity index (χ0) is 40.0. The van der Waals surface area contributed by atoms with Gasteiger partial charge in [-0.05, 0) is 101 Å². The Morgan fingerprint density at radius 3 is 0.947 bits per heavy atom. The van der Waals surface area contributed by atoms with E-state index >= 15 is 0 Å². The molecule has 0 saturated heterocycles. The van der Waals surface area contributed by atoms with E-state index in [1.54, 1.807) is 0 Å². The molecular weight excluding hydrogens is 735 g/mol. The zero-order valence-electron chi connectivity index (χ0n) is 37.8. The first-order valence-corrected chi connectivity index (χ1v) is 24.2. The van der Waals surface area contributed by atoms with Crippen LogP contribution in [0.15, 0.2) is 82.8 Å². The fourth-order valence-corrected chi connectivity index (χ4v) is 7.68. The molecule has 0 aliphatic rings. The quantitative estimate of drug-likeness (QED) is 0.0281. The molecule has 0 radical (unpaired) electrons. The maximum atomic E-state index is 5.09. The number of rotatable bonds is 37. The normalized spacial score (nSPS) is 12.3. The fraction of sp³-hybridized carbons (Fsp3) is 0.667. The predicted molar refractivity (Wildman–Crippen MR) is 254 cm³/mol. The number of para-hydroxylation sites is 2. The van der Waals surface area contributed by atoms with E-state index in [1.807, 2.05) is 0 Å². The van der Waals surface area contributed by atoms with Crippen LogP contribution in [0, 0.1) is 0 Å². The first kappa shape index (κ1) is 52.8. The van der Waals surface area contributed by atoms with Gasteiger partial charge in [0.15, 0.2) is 0 Å². The molecule has 0 aliphatic heterocycles. The molecule has 0 aromatic heterocycles. The summed E-state index contributed by atoms with van der Waals surface area (Å²) in [6.07, 6.45) is 52.8. The monoisotopic (exact) mass is 823 g/mol. The summed E-state index contributed by atoms with van der Waals surface area (Å²) in [4.78, 5) is 10.2. The van der Waals surface area contributed by atoms with Gasteiger partial charge in [-0.3, -0.25) is 9.98 Å². The SMILES string of the molecule is CCCCCCCCCCCCCCC=CCCCc1ccccc1N=C(C)C(C)=Nc1ccccc1CCCC=CCCCCCCCCCCCCCC.[Ni]. The van der Waals surface area contributed by atoms with Crippen molar-refractivity contribution in [3.8, 4) is 0 Å². The van der Waals surface area contributed by atoms with E-state index in [0.717, 1.165) is 61.3 Å². The van der Waals surface area contributed by atoms with Gasteiger partial charge in [-0.15, -0.1) is 0 Å². The third kappa shape index (κ3) is 29.6. The summed E-state index contributed by atoms with van der Waals surface area (Å²) < 4.78 is 0. The van der Waals surface area contributed by atoms with Gasteiger partial charge in [0.2, 0.25) is 0 Å². The van der Waals surface area contributed by atoms with E-state index in [4.69, 9.17) is 9.98 Å². The number of hydrogen-bond donors (Lipinski definition) is 0. The molecule has 2 nitrogen and oxygen atoms in total. The van der Waals surface area contributed by atoms with Crippen LogP contribution in [-0.4, -0.2) is 11.4 Å². The van der Waals surface area contributed by atoms with Crippen LogP contribution in [0.5, 0.6) is 0 Å². The molecule has 57 heavy (non-hydrogen) atoms. The maximum absolute atomic E-state index is 5.09. The van der Waals surface area contributed by atoms with Crippen LogP contribution in [0.4, 0.5) is 11.4 Å². The third-order valence-corrected chi connectivity index (χ3v) is 11.5. The van der Waals surface area contributed by atoms with Crippen LogP contribution in [0.1, 0.15) is 231 Å². The molecule has 0 fully saturated rings. The molecule has 0 saturated carbocycles. The summed E-state index contributed by atoms with van der Waals surface area (Å²) in [5.41, 5.74) is 6.83. The van der Waals surface area contributed by atoms with Gasteiger partial charge in [-0.2, -0.15) is 0 Å². The summed E-state index contributed by atoms with van der Waals surface area (Å²) >= 11 is 0. The summed E-state index contributed by atoms with van der Waals surface area (Å²) in [5.74, 6) is 0. The van der Waals surface area contributed by atoms with E-state index in [2.05, 4.69) is 101 Å². The van der Waals surface area contributed by atoms with Gasteiger partial charge in [0, 0.05) is 16.5 Å². The van der Waals surface area contributed by atoms with E-state index in [-0.39, 0.29) is 16.5 Å². The number of unbranched alkanes of at least 4 members (excludes halogenated alkanes) is 26. The van der Waals surface area contributed by atoms with Crippen molar-refractivity contribution < 1.29 is 16.5 Å². The van der Waals surface area contributed by atoms with Crippen LogP contribution >= 0.6 is 0 Å². The Kier molecular flexibility index (Phi) is 36.3. The third-order valence-electron chi connectivity index (χ3n) is 11.5. The number of benzene rings is 2. The standard InChI is InChI=1S/C54H88N2.Ni/c1-5-7-9-11-13-15-17-19-21-23-25-27-29-31-33-35-37-43-51-45-39-41-47-53(51)55-49(3)50(4)56-54-48-42-40-46-52(54)44-38-36-34-32-30-28-26-24-22-20-18-16-14-12-10-8-6-2;/h31-34,39-42,45-48H,5-30,35-38,43-44H2,1-4H3;. The average Bonchev–Trinajstić information content (AvgIpc) is 3.21. The Labute approximate surface area is 364 Å². The first-order chi connectivity index (χ1) is 27.7. The zero-order valence-corrected chi connectivity index (χ0v) is 38.8. The molecule has 0 N–H and O–H groups in total. The number of aliphatic imine (C=N–C) groups is 2. The van der Waals surface area contributed by atoms with Crippen LogP contribution < -0.4 is 0 Å². The smallest absolute Gasteiger partial charge is 0.0665 e. The van der Waals surface area contributed by atoms with Crippen molar-refractivity contribution in [2.75, 3.05) is 0 Å². The van der Waals surface area contributed by atoms with Gasteiger partial charge in [-0.1, -0.05) is 216 Å². The molecule has 0 heterocycles. The van der Waals surface area contributed by atoms with E-state index in [9.17, 15) is 0 Å². The molecular formula is C54H88N2Ni. The van der Waals surface area contributed by atoms with Crippen LogP contribution in [0.2, 0.25) is 0 Å². The Bertz CT molecular complexity index is 1220. The second-order valence-electron chi connectivity index (χ2n) is 16.7. The van der Waals surface area contributed by atoms with Crippen molar-refractivity contribution in [2.24, 2.45) is 9.98 Å². The predicted octanol–water partition coefficient (Wildman–Crippen LogP) is 18.5. The van der Waals surface area contributed by atoms with E-state index < -0.39 is 0 Å². The minimum atomic E-state index is 0. The van der Waals surface area contributed by atoms with Crippen molar-refractivity contribution in [1.82, 2.24) is 0 Å². The first-order valence-electron chi connectivity index (χ1n) is 24.2. The Morgan fingerprint density at radius 1 is 0.368 bits per heavy atom. The van der Waals surface area contributed by atoms with Crippen LogP contribution in [-0.2, 0) is 29.3 Å². The van der Waals surface area contributed by atoms with Gasteiger partial charge in [0.25, 0.3) is 0 Å². The molecule has 0 atom stereocenters. The Balaban J connectivity index is 0.0000162. The molecule has 0 spiro atoms. The Morgan fingerprint density at radius 2 is 0.632 bits per heavy atom. The second-order valence-corrected chi connectivity index (χ2v) is 16.7. The molecule has 2 rings (SSSR count). The largest absolute Gasteiger partial charge is 0.252 e. The van der Waals surface area contributed by atoms with E-state index in [0.29, 0.717) is 0 Å². The topological polar surface area (TPSA) is 24.7 Å². The summed E-state index contributed by atoms with van der Waals surface area (Å²) in [6, 6.07) is 17.3. The molecule has 0 bridgehead atoms. The molecule has 2 aromatic carbocycles. The molecule has 0 aliphatic carbocycles. The molecule has 3 heteroatoms. The van der Waals surface area contributed by atoms with E-state index in [1.165, 1.54) is 178 Å². The maximum Gasteiger partial charge on any atom is 0.0665 e. The number of allylic oxidation sites excluding steroid dienone is 4. The minimum Gasteiger partial charge on any atom is -0.252 e. The van der Waals surface area contributed by atoms with Crippen molar-refractivity contribution >= 4 is 22.8 Å². The number of hydrogen-bond acceptors (Lipinski definition) is 2. The number of nitrogens with zero attached hydrogens (tertiary/aromatic N) is 2. The summed E-state index contributed by atoms with van der Waals surface area (Å²) in [5, 5.41) is 0. The fourth-order valence-electron chi connectivity index (χ4n) is 7.68. The van der Waals surface area contributed by atoms with Gasteiger partial charge >= 0.3 is 0 Å². The van der Waals surface area contributed by atoms with Crippen LogP contribution in [0.3, 0.4) is 0 Å². The van der Waals surface area contributed by atoms with Gasteiger partial charge in [-0.25, -0.2) is 0 Å².